The van der Waals surface area contributed by atoms with Crippen LogP contribution in [0.15, 0.2) is 36.7 Å². The molecular formula is C11H9F3N4. The Hall–Kier alpha value is -2.31. The van der Waals surface area contributed by atoms with E-state index in [9.17, 15) is 13.2 Å². The first-order valence-corrected chi connectivity index (χ1v) is 4.97. The molecule has 0 unspecified atom stereocenters. The SMILES string of the molecule is Nc1cnc(Nc2ccccc2C(F)(F)F)nc1. The van der Waals surface area contributed by atoms with Gasteiger partial charge >= 0.3 is 6.18 Å². The highest BCUT2D eigenvalue weighted by molar-refractivity contribution is 5.59. The van der Waals surface area contributed by atoms with Gasteiger partial charge in [0.15, 0.2) is 0 Å². The average molecular weight is 254 g/mol. The number of benzene rings is 1. The molecule has 2 rings (SSSR count). The molecule has 0 fully saturated rings. The van der Waals surface area contributed by atoms with Gasteiger partial charge in [-0.3, -0.25) is 0 Å². The normalized spacial score (nSPS) is 11.3. The Morgan fingerprint density at radius 3 is 2.28 bits per heavy atom. The van der Waals surface area contributed by atoms with Gasteiger partial charge < -0.3 is 11.1 Å². The quantitative estimate of drug-likeness (QED) is 0.864. The van der Waals surface area contributed by atoms with Crippen molar-refractivity contribution in [1.29, 1.82) is 0 Å². The minimum absolute atomic E-state index is 0.0564. The van der Waals surface area contributed by atoms with Crippen LogP contribution in [-0.2, 0) is 6.18 Å². The van der Waals surface area contributed by atoms with Gasteiger partial charge in [0.2, 0.25) is 5.95 Å². The van der Waals surface area contributed by atoms with E-state index in [1.807, 2.05) is 0 Å². The maximum absolute atomic E-state index is 12.7. The zero-order valence-electron chi connectivity index (χ0n) is 9.07. The number of anilines is 3. The molecule has 0 spiro atoms. The molecule has 0 atom stereocenters. The molecule has 1 aromatic carbocycles. The molecule has 0 aliphatic carbocycles. The summed E-state index contributed by atoms with van der Waals surface area (Å²) in [6.45, 7) is 0. The van der Waals surface area contributed by atoms with Crippen molar-refractivity contribution in [2.75, 3.05) is 11.1 Å². The number of nitrogens with two attached hydrogens (primary N) is 1. The third kappa shape index (κ3) is 2.68. The molecule has 0 saturated heterocycles. The lowest BCUT2D eigenvalue weighted by Crippen LogP contribution is -2.09. The summed E-state index contributed by atoms with van der Waals surface area (Å²) in [6, 6.07) is 5.11. The van der Waals surface area contributed by atoms with Crippen molar-refractivity contribution in [2.45, 2.75) is 6.18 Å². The fourth-order valence-electron chi connectivity index (χ4n) is 1.36. The second kappa shape index (κ2) is 4.52. The largest absolute Gasteiger partial charge is 0.418 e. The van der Waals surface area contributed by atoms with E-state index in [2.05, 4.69) is 15.3 Å². The number of hydrogen-bond donors (Lipinski definition) is 2. The summed E-state index contributed by atoms with van der Waals surface area (Å²) in [7, 11) is 0. The predicted octanol–water partition coefficient (Wildman–Crippen LogP) is 2.82. The van der Waals surface area contributed by atoms with Crippen LogP contribution in [0.1, 0.15) is 5.56 Å². The molecule has 0 radical (unpaired) electrons. The standard InChI is InChI=1S/C11H9F3N4/c12-11(13,14)8-3-1-2-4-9(8)18-10-16-5-7(15)6-17-10/h1-6H,15H2,(H,16,17,18). The topological polar surface area (TPSA) is 63.8 Å². The van der Waals surface area contributed by atoms with Gasteiger partial charge in [-0.15, -0.1) is 0 Å². The Kier molecular flexibility index (Phi) is 3.05. The van der Waals surface area contributed by atoms with Crippen molar-refractivity contribution in [2.24, 2.45) is 0 Å². The number of para-hydroxylation sites is 1. The summed E-state index contributed by atoms with van der Waals surface area (Å²) in [5.41, 5.74) is 4.85. The van der Waals surface area contributed by atoms with E-state index in [0.717, 1.165) is 6.07 Å². The molecule has 0 bridgehead atoms. The third-order valence-corrected chi connectivity index (χ3v) is 2.15. The van der Waals surface area contributed by atoms with E-state index in [1.165, 1.54) is 30.6 Å². The maximum Gasteiger partial charge on any atom is 0.418 e. The van der Waals surface area contributed by atoms with Crippen LogP contribution < -0.4 is 11.1 Å². The summed E-state index contributed by atoms with van der Waals surface area (Å²) in [5.74, 6) is 0.0564. The first-order valence-electron chi connectivity index (χ1n) is 4.97. The van der Waals surface area contributed by atoms with E-state index in [4.69, 9.17) is 5.73 Å². The van der Waals surface area contributed by atoms with E-state index < -0.39 is 11.7 Å². The zero-order valence-corrected chi connectivity index (χ0v) is 9.07. The molecular weight excluding hydrogens is 245 g/mol. The molecule has 1 heterocycles. The number of nitrogen functional groups attached to an aromatic ring is 1. The minimum atomic E-state index is -4.43. The molecule has 18 heavy (non-hydrogen) atoms. The average Bonchev–Trinajstić information content (AvgIpc) is 2.31. The van der Waals surface area contributed by atoms with Crippen molar-refractivity contribution in [1.82, 2.24) is 9.97 Å². The number of nitrogens with one attached hydrogen (secondary N) is 1. The number of halogens is 3. The fraction of sp³-hybridized carbons (Fsp3) is 0.0909. The summed E-state index contributed by atoms with van der Waals surface area (Å²) in [5, 5.41) is 2.51. The second-order valence-corrected chi connectivity index (χ2v) is 3.51. The number of hydrogen-bond acceptors (Lipinski definition) is 4. The first kappa shape index (κ1) is 12.2. The van der Waals surface area contributed by atoms with Crippen molar-refractivity contribution in [3.63, 3.8) is 0 Å². The number of rotatable bonds is 2. The lowest BCUT2D eigenvalue weighted by atomic mass is 10.1. The second-order valence-electron chi connectivity index (χ2n) is 3.51. The fourth-order valence-corrected chi connectivity index (χ4v) is 1.36. The Balaban J connectivity index is 2.32. The van der Waals surface area contributed by atoms with E-state index >= 15 is 0 Å². The van der Waals surface area contributed by atoms with Crippen molar-refractivity contribution in [3.05, 3.63) is 42.2 Å². The lowest BCUT2D eigenvalue weighted by Gasteiger charge is -2.13. The Labute approximate surface area is 101 Å². The Morgan fingerprint density at radius 2 is 1.67 bits per heavy atom. The number of nitrogens with zero attached hydrogens (tertiary/aromatic N) is 2. The molecule has 2 aromatic rings. The highest BCUT2D eigenvalue weighted by Gasteiger charge is 2.33. The minimum Gasteiger partial charge on any atom is -0.396 e. The first-order chi connectivity index (χ1) is 8.47. The van der Waals surface area contributed by atoms with Crippen molar-refractivity contribution in [3.8, 4) is 0 Å². The van der Waals surface area contributed by atoms with Crippen LogP contribution in [0.5, 0.6) is 0 Å². The smallest absolute Gasteiger partial charge is 0.396 e. The van der Waals surface area contributed by atoms with Gasteiger partial charge in [-0.1, -0.05) is 12.1 Å². The monoisotopic (exact) mass is 254 g/mol. The number of aromatic nitrogens is 2. The zero-order chi connectivity index (χ0) is 13.2. The highest BCUT2D eigenvalue weighted by Crippen LogP contribution is 2.35. The van der Waals surface area contributed by atoms with Crippen LogP contribution in [0.25, 0.3) is 0 Å². The molecule has 0 aliphatic heterocycles. The van der Waals surface area contributed by atoms with Crippen LogP contribution in [0.2, 0.25) is 0 Å². The van der Waals surface area contributed by atoms with Gasteiger partial charge in [0.25, 0.3) is 0 Å². The molecule has 0 amide bonds. The summed E-state index contributed by atoms with van der Waals surface area (Å²) < 4.78 is 38.1. The van der Waals surface area contributed by atoms with Gasteiger partial charge in [0, 0.05) is 0 Å². The summed E-state index contributed by atoms with van der Waals surface area (Å²) in [6.07, 6.45) is -1.81. The van der Waals surface area contributed by atoms with Crippen LogP contribution in [0.4, 0.5) is 30.5 Å². The van der Waals surface area contributed by atoms with E-state index in [0.29, 0.717) is 5.69 Å². The maximum atomic E-state index is 12.7. The van der Waals surface area contributed by atoms with Crippen LogP contribution in [0.3, 0.4) is 0 Å². The Bertz CT molecular complexity index is 537. The van der Waals surface area contributed by atoms with E-state index in [-0.39, 0.29) is 11.6 Å². The van der Waals surface area contributed by atoms with Gasteiger partial charge in [0.1, 0.15) is 0 Å². The highest BCUT2D eigenvalue weighted by atomic mass is 19.4. The molecule has 94 valence electrons. The van der Waals surface area contributed by atoms with Gasteiger partial charge in [-0.25, -0.2) is 9.97 Å². The summed E-state index contributed by atoms with van der Waals surface area (Å²) in [4.78, 5) is 7.56. The molecule has 3 N–H and O–H groups in total. The molecule has 1 aromatic heterocycles. The van der Waals surface area contributed by atoms with E-state index in [1.54, 1.807) is 0 Å². The van der Waals surface area contributed by atoms with Gasteiger partial charge in [-0.2, -0.15) is 13.2 Å². The lowest BCUT2D eigenvalue weighted by molar-refractivity contribution is -0.136. The predicted molar refractivity (Wildman–Crippen MR) is 61.2 cm³/mol. The van der Waals surface area contributed by atoms with Crippen molar-refractivity contribution < 1.29 is 13.2 Å². The number of alkyl halides is 3. The van der Waals surface area contributed by atoms with Gasteiger partial charge in [0.05, 0.1) is 29.3 Å². The van der Waals surface area contributed by atoms with Crippen LogP contribution in [-0.4, -0.2) is 9.97 Å². The molecule has 7 heteroatoms. The Morgan fingerprint density at radius 1 is 1.06 bits per heavy atom. The molecule has 4 nitrogen and oxygen atoms in total. The summed E-state index contributed by atoms with van der Waals surface area (Å²) >= 11 is 0. The third-order valence-electron chi connectivity index (χ3n) is 2.15. The van der Waals surface area contributed by atoms with Gasteiger partial charge in [-0.05, 0) is 12.1 Å². The van der Waals surface area contributed by atoms with Crippen molar-refractivity contribution >= 4 is 17.3 Å². The van der Waals surface area contributed by atoms with Crippen LogP contribution in [0, 0.1) is 0 Å². The molecule has 0 saturated carbocycles. The van der Waals surface area contributed by atoms with Crippen LogP contribution >= 0.6 is 0 Å². The molecule has 0 aliphatic rings.